The molecule has 0 saturated carbocycles. The van der Waals surface area contributed by atoms with E-state index in [0.717, 1.165) is 89.4 Å². The number of benzene rings is 4. The van der Waals surface area contributed by atoms with Crippen LogP contribution in [0.3, 0.4) is 0 Å². The fraction of sp³-hybridized carbons (Fsp3) is 0.0435. The molecule has 1 radical (unpaired) electrons. The maximum atomic E-state index is 9.44. The van der Waals surface area contributed by atoms with Gasteiger partial charge in [-0.05, 0) is 75.4 Å². The summed E-state index contributed by atoms with van der Waals surface area (Å²) in [5.41, 5.74) is 14.1. The predicted octanol–water partition coefficient (Wildman–Crippen LogP) is 9.95. The molecule has 1 N–H and O–H groups in total. The zero-order chi connectivity index (χ0) is 34.9. The molecule has 7 heteroatoms. The van der Waals surface area contributed by atoms with Crippen LogP contribution in [0.15, 0.2) is 140 Å². The van der Waals surface area contributed by atoms with Crippen molar-refractivity contribution in [1.29, 1.82) is 0 Å². The summed E-state index contributed by atoms with van der Waals surface area (Å²) < 4.78 is 5.84. The van der Waals surface area contributed by atoms with Crippen molar-refractivity contribution in [3.63, 3.8) is 0 Å². The Labute approximate surface area is 317 Å². The summed E-state index contributed by atoms with van der Waals surface area (Å²) >= 11 is 0. The van der Waals surface area contributed by atoms with Crippen molar-refractivity contribution >= 4 is 46.4 Å². The Hall–Kier alpha value is -6.25. The molecule has 7 aromatic rings. The number of hydrogen-bond acceptors (Lipinski definition) is 4. The molecule has 0 unspecified atom stereocenters. The van der Waals surface area contributed by atoms with Crippen LogP contribution in [-0.2, 0) is 16.8 Å². The molecule has 53 heavy (non-hydrogen) atoms. The van der Waals surface area contributed by atoms with E-state index in [4.69, 9.17) is 24.7 Å². The molecular formula is C46H32CoN4O2. The van der Waals surface area contributed by atoms with Gasteiger partial charge in [0.25, 0.3) is 0 Å². The maximum absolute atomic E-state index is 9.44. The molecule has 8 bridgehead atoms. The third-order valence-corrected chi connectivity index (χ3v) is 9.28. The predicted molar refractivity (Wildman–Crippen MR) is 211 cm³/mol. The molecule has 4 aromatic carbocycles. The Bertz CT molecular complexity index is 2520. The molecule has 0 aliphatic carbocycles. The van der Waals surface area contributed by atoms with Crippen LogP contribution in [-0.4, -0.2) is 28.3 Å². The van der Waals surface area contributed by atoms with Crippen LogP contribution in [0.5, 0.6) is 5.75 Å². The first-order valence-corrected chi connectivity index (χ1v) is 17.3. The second-order valence-corrected chi connectivity index (χ2v) is 12.6. The van der Waals surface area contributed by atoms with E-state index in [1.807, 2.05) is 78.9 Å². The van der Waals surface area contributed by atoms with Gasteiger partial charge in [0.05, 0.1) is 29.4 Å². The van der Waals surface area contributed by atoms with Crippen LogP contribution in [0.25, 0.3) is 90.9 Å². The molecular weight excluding hydrogens is 699 g/mol. The number of aliphatic hydroxyl groups is 1. The second kappa shape index (κ2) is 14.8. The zero-order valence-electron chi connectivity index (χ0n) is 28.5. The summed E-state index contributed by atoms with van der Waals surface area (Å²) in [5.74, 6) is 0.658. The standard InChI is InChI=1S/C46H32N4O2.Co/c51-27-28-52-34-18-10-17-33(29-34)46-41-25-23-39(49-41)44(31-13-6-2-7-14-31)37-21-19-35(47-37)43(30-11-4-1-5-12-30)36-20-22-38(48-36)45(32-15-8-3-9-16-32)40-24-26-42(46)50-40;/h1-26,29,51H,27-28H2;/q-2;+2. The molecule has 5 heterocycles. The van der Waals surface area contributed by atoms with Gasteiger partial charge in [-0.25, -0.2) is 9.97 Å². The van der Waals surface area contributed by atoms with Gasteiger partial charge in [0.1, 0.15) is 12.4 Å². The van der Waals surface area contributed by atoms with Gasteiger partial charge in [-0.3, -0.25) is 0 Å². The summed E-state index contributed by atoms with van der Waals surface area (Å²) in [6.45, 7) is 0.131. The van der Waals surface area contributed by atoms with Crippen molar-refractivity contribution in [3.05, 3.63) is 162 Å². The van der Waals surface area contributed by atoms with E-state index in [2.05, 4.69) is 85.0 Å². The summed E-state index contributed by atoms with van der Waals surface area (Å²) in [7, 11) is 0. The van der Waals surface area contributed by atoms with Crippen LogP contribution in [0.4, 0.5) is 0 Å². The van der Waals surface area contributed by atoms with E-state index in [1.165, 1.54) is 0 Å². The number of aliphatic hydroxyl groups excluding tert-OH is 1. The Morgan fingerprint density at radius 3 is 1.28 bits per heavy atom. The van der Waals surface area contributed by atoms with Gasteiger partial charge >= 0.3 is 16.8 Å². The average molecular weight is 732 g/mol. The van der Waals surface area contributed by atoms with Crippen molar-refractivity contribution < 1.29 is 26.6 Å². The minimum atomic E-state index is -0.0713. The first-order valence-electron chi connectivity index (χ1n) is 17.3. The Balaban J connectivity index is 0.00000400. The molecule has 0 amide bonds. The summed E-state index contributed by atoms with van der Waals surface area (Å²) in [4.78, 5) is 21.3. The van der Waals surface area contributed by atoms with E-state index < -0.39 is 0 Å². The van der Waals surface area contributed by atoms with Gasteiger partial charge in [-0.1, -0.05) is 127 Å². The van der Waals surface area contributed by atoms with Crippen molar-refractivity contribution in [2.45, 2.75) is 0 Å². The number of nitrogens with zero attached hydrogens (tertiary/aromatic N) is 4. The van der Waals surface area contributed by atoms with Crippen LogP contribution >= 0.6 is 0 Å². The van der Waals surface area contributed by atoms with Crippen LogP contribution in [0.1, 0.15) is 22.8 Å². The molecule has 6 nitrogen and oxygen atoms in total. The van der Waals surface area contributed by atoms with Crippen molar-refractivity contribution in [2.75, 3.05) is 13.2 Å². The molecule has 0 atom stereocenters. The number of hydrogen-bond donors (Lipinski definition) is 1. The van der Waals surface area contributed by atoms with Crippen LogP contribution in [0, 0.1) is 0 Å². The third kappa shape index (κ3) is 6.53. The molecule has 3 aromatic heterocycles. The minimum Gasteiger partial charge on any atom is -0.657 e. The number of aromatic nitrogens is 4. The minimum absolute atomic E-state index is 0. The Morgan fingerprint density at radius 1 is 0.434 bits per heavy atom. The van der Waals surface area contributed by atoms with Crippen molar-refractivity contribution in [3.8, 4) is 50.3 Å². The smallest absolute Gasteiger partial charge is 0.657 e. The first kappa shape index (κ1) is 33.9. The molecule has 2 aliphatic rings. The summed E-state index contributed by atoms with van der Waals surface area (Å²) in [6, 6.07) is 47.1. The average Bonchev–Trinajstić information content (AvgIpc) is 4.03. The topological polar surface area (TPSA) is 83.4 Å². The molecule has 9 rings (SSSR count). The monoisotopic (exact) mass is 731 g/mol. The van der Waals surface area contributed by atoms with Crippen LogP contribution < -0.4 is 14.7 Å². The van der Waals surface area contributed by atoms with Crippen molar-refractivity contribution in [2.24, 2.45) is 0 Å². The summed E-state index contributed by atoms with van der Waals surface area (Å²) in [5, 5.41) is 9.44. The number of rotatable bonds is 7. The molecule has 2 aliphatic heterocycles. The maximum Gasteiger partial charge on any atom is 2.00 e. The van der Waals surface area contributed by atoms with Gasteiger partial charge < -0.3 is 19.8 Å². The third-order valence-electron chi connectivity index (χ3n) is 9.28. The van der Waals surface area contributed by atoms with Gasteiger partial charge in [-0.2, -0.15) is 0 Å². The Kier molecular flexibility index (Phi) is 9.44. The van der Waals surface area contributed by atoms with Crippen molar-refractivity contribution in [1.82, 2.24) is 19.9 Å². The van der Waals surface area contributed by atoms with Gasteiger partial charge in [0, 0.05) is 5.56 Å². The molecule has 0 saturated heterocycles. The van der Waals surface area contributed by atoms with Crippen LogP contribution in [0.2, 0.25) is 0 Å². The fourth-order valence-electron chi connectivity index (χ4n) is 6.99. The summed E-state index contributed by atoms with van der Waals surface area (Å²) in [6.07, 6.45) is 8.24. The van der Waals surface area contributed by atoms with E-state index >= 15 is 0 Å². The Morgan fingerprint density at radius 2 is 0.830 bits per heavy atom. The van der Waals surface area contributed by atoms with E-state index in [9.17, 15) is 5.11 Å². The second-order valence-electron chi connectivity index (χ2n) is 12.6. The van der Waals surface area contributed by atoms with Gasteiger partial charge in [0.15, 0.2) is 0 Å². The fourth-order valence-corrected chi connectivity index (χ4v) is 6.99. The molecule has 257 valence electrons. The van der Waals surface area contributed by atoms with Gasteiger partial charge in [-0.15, -0.1) is 22.1 Å². The van der Waals surface area contributed by atoms with E-state index in [0.29, 0.717) is 5.75 Å². The van der Waals surface area contributed by atoms with Gasteiger partial charge in [0.2, 0.25) is 0 Å². The zero-order valence-corrected chi connectivity index (χ0v) is 29.5. The molecule has 0 fully saturated rings. The SMILES string of the molecule is OCCOc1cccc(-c2c3nc(c(-c4ccccc4)c4ccc([n-]4)c(-c4ccccc4)c4ccc([n-]4)c(-c4ccccc4)c4nc2C=C4)C=C3)c1.[Co+2]. The first-order chi connectivity index (χ1) is 25.7. The normalized spacial score (nSPS) is 11.7. The largest absolute Gasteiger partial charge is 2.00 e. The quantitative estimate of drug-likeness (QED) is 0.176. The number of ether oxygens (including phenoxy) is 1. The van der Waals surface area contributed by atoms with E-state index in [1.54, 1.807) is 0 Å². The van der Waals surface area contributed by atoms with E-state index in [-0.39, 0.29) is 30.0 Å². The molecule has 0 spiro atoms. The number of fused-ring (bicyclic) bond motifs is 8.